The highest BCUT2D eigenvalue weighted by atomic mass is 127. The fraction of sp³-hybridized carbons (Fsp3) is 0.167. The molecule has 0 aromatic heterocycles. The highest BCUT2D eigenvalue weighted by Crippen LogP contribution is 2.34. The average molecular weight is 499 g/mol. The van der Waals surface area contributed by atoms with Gasteiger partial charge in [0.15, 0.2) is 16.6 Å². The Kier molecular flexibility index (Phi) is 7.80. The quantitative estimate of drug-likeness (QED) is 0.151. The zero-order valence-corrected chi connectivity index (χ0v) is 17.7. The number of nitrogens with one attached hydrogen (secondary N) is 1. The van der Waals surface area contributed by atoms with Crippen LogP contribution in [0.15, 0.2) is 41.5 Å². The van der Waals surface area contributed by atoms with Gasteiger partial charge in [0.25, 0.3) is 0 Å². The summed E-state index contributed by atoms with van der Waals surface area (Å²) in [5, 5.41) is 3.98. The van der Waals surface area contributed by atoms with Crippen molar-refractivity contribution in [3.8, 4) is 17.2 Å². The first kappa shape index (κ1) is 20.9. The van der Waals surface area contributed by atoms with E-state index in [1.807, 2.05) is 6.92 Å². The third-order valence-corrected chi connectivity index (χ3v) is 4.13. The Hall–Kier alpha value is -2.40. The summed E-state index contributed by atoms with van der Waals surface area (Å²) >= 11 is 6.77. The van der Waals surface area contributed by atoms with Gasteiger partial charge in [-0.15, -0.1) is 0 Å². The topological polar surface area (TPSA) is 95.2 Å². The molecule has 0 aliphatic carbocycles. The van der Waals surface area contributed by atoms with Gasteiger partial charge in [-0.1, -0.05) is 0 Å². The predicted molar refractivity (Wildman–Crippen MR) is 116 cm³/mol. The number of carbonyl (C=O) groups is 1. The second-order valence-corrected chi connectivity index (χ2v) is 6.72. The Bertz CT molecular complexity index is 856. The van der Waals surface area contributed by atoms with Crippen LogP contribution in [0, 0.1) is 3.57 Å². The second-order valence-electron chi connectivity index (χ2n) is 5.12. The molecule has 7 nitrogen and oxygen atoms in total. The number of hydrazone groups is 1. The van der Waals surface area contributed by atoms with E-state index in [1.165, 1.54) is 0 Å². The van der Waals surface area contributed by atoms with E-state index in [-0.39, 0.29) is 5.11 Å². The molecular weight excluding hydrogens is 481 g/mol. The summed E-state index contributed by atoms with van der Waals surface area (Å²) in [6.45, 7) is 2.26. The molecule has 0 amide bonds. The molecule has 2 rings (SSSR count). The summed E-state index contributed by atoms with van der Waals surface area (Å²) in [4.78, 5) is 12.5. The van der Waals surface area contributed by atoms with Crippen LogP contribution in [-0.2, 0) is 0 Å². The number of hydrogen-bond donors (Lipinski definition) is 2. The number of nitrogens with two attached hydrogens (primary N) is 1. The predicted octanol–water partition coefficient (Wildman–Crippen LogP) is 3.08. The number of methoxy groups -OCH3 is 1. The minimum Gasteiger partial charge on any atom is -0.497 e. The smallest absolute Gasteiger partial charge is 0.343 e. The standard InChI is InChI=1S/C18H18IN3O4S/c1-3-25-15-9-11(10-21-22-18(20)27)8-14(19)16(15)26-17(23)12-4-6-13(24-2)7-5-12/h4-10H,3H2,1-2H3,(H3,20,22,27)/b21-10-. The number of carbonyl (C=O) groups excluding carboxylic acids is 1. The van der Waals surface area contributed by atoms with Crippen molar-refractivity contribution in [1.82, 2.24) is 5.43 Å². The summed E-state index contributed by atoms with van der Waals surface area (Å²) < 4.78 is 17.0. The van der Waals surface area contributed by atoms with E-state index in [9.17, 15) is 4.79 Å². The summed E-state index contributed by atoms with van der Waals surface area (Å²) in [6.07, 6.45) is 1.54. The number of hydrogen-bond acceptors (Lipinski definition) is 6. The Labute approximate surface area is 176 Å². The van der Waals surface area contributed by atoms with Crippen LogP contribution in [0.1, 0.15) is 22.8 Å². The molecule has 0 heterocycles. The van der Waals surface area contributed by atoms with Crippen molar-refractivity contribution in [2.75, 3.05) is 13.7 Å². The molecule has 0 aliphatic rings. The maximum Gasteiger partial charge on any atom is 0.343 e. The fourth-order valence-electron chi connectivity index (χ4n) is 2.07. The van der Waals surface area contributed by atoms with Gasteiger partial charge >= 0.3 is 5.97 Å². The zero-order chi connectivity index (χ0) is 19.8. The molecule has 0 unspecified atom stereocenters. The van der Waals surface area contributed by atoms with Crippen molar-refractivity contribution in [3.63, 3.8) is 0 Å². The van der Waals surface area contributed by atoms with Crippen LogP contribution in [0.4, 0.5) is 0 Å². The summed E-state index contributed by atoms with van der Waals surface area (Å²) in [6, 6.07) is 10.2. The van der Waals surface area contributed by atoms with Gasteiger partial charge in [-0.05, 0) is 83.7 Å². The Balaban J connectivity index is 2.27. The summed E-state index contributed by atoms with van der Waals surface area (Å²) in [5.74, 6) is 0.944. The van der Waals surface area contributed by atoms with E-state index in [0.717, 1.165) is 5.56 Å². The van der Waals surface area contributed by atoms with Crippen LogP contribution in [0.3, 0.4) is 0 Å². The minimum absolute atomic E-state index is 0.0658. The van der Waals surface area contributed by atoms with Crippen LogP contribution < -0.4 is 25.4 Å². The Morgan fingerprint density at radius 1 is 1.33 bits per heavy atom. The van der Waals surface area contributed by atoms with Crippen molar-refractivity contribution >= 4 is 52.1 Å². The summed E-state index contributed by atoms with van der Waals surface area (Å²) in [7, 11) is 1.56. The van der Waals surface area contributed by atoms with Crippen LogP contribution in [-0.4, -0.2) is 31.0 Å². The molecule has 0 saturated heterocycles. The first-order valence-electron chi connectivity index (χ1n) is 7.85. The lowest BCUT2D eigenvalue weighted by molar-refractivity contribution is 0.0727. The van der Waals surface area contributed by atoms with E-state index < -0.39 is 5.97 Å². The van der Waals surface area contributed by atoms with Crippen LogP contribution >= 0.6 is 34.8 Å². The van der Waals surface area contributed by atoms with Gasteiger partial charge in [0.1, 0.15) is 5.75 Å². The molecule has 9 heteroatoms. The molecule has 0 saturated carbocycles. The van der Waals surface area contributed by atoms with E-state index in [0.29, 0.717) is 33.0 Å². The van der Waals surface area contributed by atoms with Gasteiger partial charge in [0, 0.05) is 0 Å². The first-order chi connectivity index (χ1) is 12.9. The third kappa shape index (κ3) is 6.07. The Morgan fingerprint density at radius 2 is 2.04 bits per heavy atom. The minimum atomic E-state index is -0.493. The van der Waals surface area contributed by atoms with Crippen LogP contribution in [0.2, 0.25) is 0 Å². The number of ether oxygens (including phenoxy) is 3. The lowest BCUT2D eigenvalue weighted by Gasteiger charge is -2.13. The zero-order valence-electron chi connectivity index (χ0n) is 14.7. The number of esters is 1. The van der Waals surface area contributed by atoms with Gasteiger partial charge in [-0.3, -0.25) is 5.43 Å². The van der Waals surface area contributed by atoms with Crippen molar-refractivity contribution in [3.05, 3.63) is 51.1 Å². The van der Waals surface area contributed by atoms with Gasteiger partial charge in [0.2, 0.25) is 0 Å². The molecular formula is C18H18IN3O4S. The lowest BCUT2D eigenvalue weighted by atomic mass is 10.2. The molecule has 0 spiro atoms. The maximum absolute atomic E-state index is 12.5. The SMILES string of the molecule is CCOc1cc(/C=N\NC(N)=S)cc(I)c1OC(=O)c1ccc(OC)cc1. The number of halogens is 1. The van der Waals surface area contributed by atoms with Crippen molar-refractivity contribution in [1.29, 1.82) is 0 Å². The molecule has 27 heavy (non-hydrogen) atoms. The molecule has 142 valence electrons. The van der Waals surface area contributed by atoms with E-state index in [1.54, 1.807) is 49.7 Å². The van der Waals surface area contributed by atoms with Crippen molar-refractivity contribution in [2.24, 2.45) is 10.8 Å². The van der Waals surface area contributed by atoms with Gasteiger partial charge in [0.05, 0.1) is 29.1 Å². The van der Waals surface area contributed by atoms with E-state index in [4.69, 9.17) is 32.2 Å². The second kappa shape index (κ2) is 10.1. The highest BCUT2D eigenvalue weighted by molar-refractivity contribution is 14.1. The molecule has 0 radical (unpaired) electrons. The normalized spacial score (nSPS) is 10.5. The molecule has 0 bridgehead atoms. The van der Waals surface area contributed by atoms with Gasteiger partial charge in [-0.25, -0.2) is 4.79 Å². The molecule has 0 atom stereocenters. The van der Waals surface area contributed by atoms with Crippen molar-refractivity contribution < 1.29 is 19.0 Å². The number of rotatable bonds is 7. The largest absolute Gasteiger partial charge is 0.497 e. The fourth-order valence-corrected chi connectivity index (χ4v) is 2.86. The maximum atomic E-state index is 12.5. The van der Waals surface area contributed by atoms with Gasteiger partial charge in [-0.2, -0.15) is 5.10 Å². The molecule has 2 aromatic rings. The first-order valence-corrected chi connectivity index (χ1v) is 9.34. The number of thiocarbonyl (C=S) groups is 1. The lowest BCUT2D eigenvalue weighted by Crippen LogP contribution is -2.24. The number of nitrogens with zero attached hydrogens (tertiary/aromatic N) is 1. The molecule has 3 N–H and O–H groups in total. The monoisotopic (exact) mass is 499 g/mol. The third-order valence-electron chi connectivity index (χ3n) is 3.24. The van der Waals surface area contributed by atoms with Gasteiger partial charge < -0.3 is 19.9 Å². The van der Waals surface area contributed by atoms with Crippen LogP contribution in [0.25, 0.3) is 0 Å². The number of benzene rings is 2. The van der Waals surface area contributed by atoms with Crippen molar-refractivity contribution in [2.45, 2.75) is 6.92 Å². The highest BCUT2D eigenvalue weighted by Gasteiger charge is 2.17. The summed E-state index contributed by atoms with van der Waals surface area (Å²) in [5.41, 5.74) is 8.95. The molecule has 0 fully saturated rings. The Morgan fingerprint density at radius 3 is 2.63 bits per heavy atom. The average Bonchev–Trinajstić information content (AvgIpc) is 2.64. The molecule has 2 aromatic carbocycles. The molecule has 0 aliphatic heterocycles. The van der Waals surface area contributed by atoms with E-state index in [2.05, 4.69) is 33.1 Å². The van der Waals surface area contributed by atoms with Crippen LogP contribution in [0.5, 0.6) is 17.2 Å². The van der Waals surface area contributed by atoms with E-state index >= 15 is 0 Å².